The molecule has 0 amide bonds. The molecule has 38 heavy (non-hydrogen) atoms. The number of fused-ring (bicyclic) bond motifs is 2. The molecule has 3 atom stereocenters. The van der Waals surface area contributed by atoms with Crippen molar-refractivity contribution in [3.8, 4) is 5.69 Å². The minimum Gasteiger partial charge on any atom is -0.274 e. The Morgan fingerprint density at radius 2 is 1.79 bits per heavy atom. The highest BCUT2D eigenvalue weighted by Gasteiger charge is 2.71. The fraction of sp³-hybridized carbons (Fsp3) is 0.241. The molecule has 7 nitrogen and oxygen atoms in total. The zero-order chi connectivity index (χ0) is 26.2. The fourth-order valence-corrected chi connectivity index (χ4v) is 8.01. The average molecular weight is 528 g/mol. The highest BCUT2D eigenvalue weighted by Crippen LogP contribution is 2.70. The standard InChI is InChI=1S/C29H26FN5O2S/c1-19-14-26-21(16-31-35(26)23-10-8-22(30)9-11-23)15-24(19)29-18-34(38(36,37)27-12-13-33(2)32-27)17-25(29)28(29)20-6-4-3-5-7-20/h3-16,25,28H,17-18H2,1-2H3/t25-,28-,29+/m0/s1. The molecule has 0 unspecified atom stereocenters. The molecule has 0 N–H and O–H groups in total. The van der Waals surface area contributed by atoms with Gasteiger partial charge in [-0.1, -0.05) is 30.3 Å². The predicted molar refractivity (Wildman–Crippen MR) is 142 cm³/mol. The monoisotopic (exact) mass is 527 g/mol. The molecule has 1 aliphatic carbocycles. The van der Waals surface area contributed by atoms with E-state index >= 15 is 0 Å². The van der Waals surface area contributed by atoms with Crippen LogP contribution in [0.25, 0.3) is 16.6 Å². The molecule has 1 saturated heterocycles. The number of halogens is 1. The molecule has 1 saturated carbocycles. The van der Waals surface area contributed by atoms with Crippen molar-refractivity contribution < 1.29 is 12.8 Å². The van der Waals surface area contributed by atoms with Gasteiger partial charge in [-0.3, -0.25) is 4.68 Å². The van der Waals surface area contributed by atoms with E-state index in [0.29, 0.717) is 13.1 Å². The first-order valence-corrected chi connectivity index (χ1v) is 14.0. The summed E-state index contributed by atoms with van der Waals surface area (Å²) in [6, 6.07) is 22.5. The van der Waals surface area contributed by atoms with Crippen LogP contribution in [0.3, 0.4) is 0 Å². The molecule has 7 rings (SSSR count). The van der Waals surface area contributed by atoms with Crippen molar-refractivity contribution in [2.75, 3.05) is 13.1 Å². The molecule has 3 heterocycles. The van der Waals surface area contributed by atoms with Crippen LogP contribution in [-0.4, -0.2) is 45.4 Å². The van der Waals surface area contributed by atoms with Crippen molar-refractivity contribution in [3.63, 3.8) is 0 Å². The fourth-order valence-electron chi connectivity index (χ4n) is 6.54. The van der Waals surface area contributed by atoms with Gasteiger partial charge in [0.25, 0.3) is 10.0 Å². The van der Waals surface area contributed by atoms with Gasteiger partial charge in [0.05, 0.1) is 17.4 Å². The maximum absolute atomic E-state index is 13.5. The third-order valence-electron chi connectivity index (χ3n) is 8.29. The molecule has 1 aliphatic heterocycles. The first-order chi connectivity index (χ1) is 18.3. The Balaban J connectivity index is 1.33. The average Bonchev–Trinajstić information content (AvgIpc) is 3.34. The number of aromatic nitrogens is 4. The lowest BCUT2D eigenvalue weighted by atomic mass is 9.87. The SMILES string of the molecule is Cc1cc2c(cnn2-c2ccc(F)cc2)cc1[C@]12CN(S(=O)(=O)c3ccn(C)n3)C[C@H]1[C@@H]2c1ccccc1. The summed E-state index contributed by atoms with van der Waals surface area (Å²) in [4.78, 5) is 0. The van der Waals surface area contributed by atoms with Crippen LogP contribution in [0, 0.1) is 18.7 Å². The maximum atomic E-state index is 13.5. The molecule has 0 radical (unpaired) electrons. The first kappa shape index (κ1) is 23.3. The second-order valence-electron chi connectivity index (χ2n) is 10.4. The largest absolute Gasteiger partial charge is 0.274 e. The van der Waals surface area contributed by atoms with Gasteiger partial charge in [-0.15, -0.1) is 0 Å². The minimum atomic E-state index is -3.71. The van der Waals surface area contributed by atoms with Crippen molar-refractivity contribution in [2.24, 2.45) is 13.0 Å². The van der Waals surface area contributed by atoms with Crippen molar-refractivity contribution in [1.29, 1.82) is 0 Å². The summed E-state index contributed by atoms with van der Waals surface area (Å²) >= 11 is 0. The molecule has 0 bridgehead atoms. The topological polar surface area (TPSA) is 73.0 Å². The van der Waals surface area contributed by atoms with E-state index in [1.807, 2.05) is 29.1 Å². The molecule has 5 aromatic rings. The highest BCUT2D eigenvalue weighted by molar-refractivity contribution is 7.89. The van der Waals surface area contributed by atoms with E-state index in [-0.39, 0.29) is 28.1 Å². The van der Waals surface area contributed by atoms with E-state index in [1.54, 1.807) is 35.7 Å². The smallest absolute Gasteiger partial charge is 0.262 e. The van der Waals surface area contributed by atoms with Gasteiger partial charge >= 0.3 is 0 Å². The first-order valence-electron chi connectivity index (χ1n) is 12.6. The van der Waals surface area contributed by atoms with Gasteiger partial charge in [0.1, 0.15) is 5.82 Å². The van der Waals surface area contributed by atoms with E-state index < -0.39 is 10.0 Å². The molecule has 3 aromatic carbocycles. The van der Waals surface area contributed by atoms with Crippen LogP contribution in [0.5, 0.6) is 0 Å². The highest BCUT2D eigenvalue weighted by atomic mass is 32.2. The predicted octanol–water partition coefficient (Wildman–Crippen LogP) is 4.56. The second kappa shape index (κ2) is 8.09. The van der Waals surface area contributed by atoms with Crippen LogP contribution in [0.2, 0.25) is 0 Å². The number of nitrogens with zero attached hydrogens (tertiary/aromatic N) is 5. The van der Waals surface area contributed by atoms with Gasteiger partial charge in [0, 0.05) is 43.1 Å². The van der Waals surface area contributed by atoms with E-state index in [0.717, 1.165) is 27.7 Å². The Morgan fingerprint density at radius 1 is 1.03 bits per heavy atom. The lowest BCUT2D eigenvalue weighted by Crippen LogP contribution is -2.35. The molecule has 0 spiro atoms. The molecule has 9 heteroatoms. The Morgan fingerprint density at radius 3 is 2.50 bits per heavy atom. The number of rotatable bonds is 5. The number of hydrogen-bond acceptors (Lipinski definition) is 4. The molecule has 2 aromatic heterocycles. The van der Waals surface area contributed by atoms with Crippen LogP contribution < -0.4 is 0 Å². The van der Waals surface area contributed by atoms with Crippen LogP contribution in [0.1, 0.15) is 22.6 Å². The maximum Gasteiger partial charge on any atom is 0.262 e. The Hall–Kier alpha value is -3.82. The van der Waals surface area contributed by atoms with Gasteiger partial charge in [0.15, 0.2) is 5.03 Å². The van der Waals surface area contributed by atoms with Crippen LogP contribution in [-0.2, 0) is 22.5 Å². The Bertz CT molecular complexity index is 1800. The van der Waals surface area contributed by atoms with Crippen LogP contribution in [0.4, 0.5) is 4.39 Å². The molecular weight excluding hydrogens is 501 g/mol. The molecular formula is C29H26FN5O2S. The van der Waals surface area contributed by atoms with Gasteiger partial charge in [-0.25, -0.2) is 17.5 Å². The minimum absolute atomic E-state index is 0.0838. The summed E-state index contributed by atoms with van der Waals surface area (Å²) in [5.41, 5.74) is 4.85. The van der Waals surface area contributed by atoms with Crippen molar-refractivity contribution in [2.45, 2.75) is 23.3 Å². The zero-order valence-corrected chi connectivity index (χ0v) is 21.8. The van der Waals surface area contributed by atoms with Crippen molar-refractivity contribution in [3.05, 3.63) is 108 Å². The summed E-state index contributed by atoms with van der Waals surface area (Å²) in [6.07, 6.45) is 3.48. The number of hydrogen-bond donors (Lipinski definition) is 0. The van der Waals surface area contributed by atoms with Gasteiger partial charge in [-0.05, 0) is 72.0 Å². The lowest BCUT2D eigenvalue weighted by molar-refractivity contribution is 0.418. The summed E-state index contributed by atoms with van der Waals surface area (Å²) in [6.45, 7) is 2.93. The summed E-state index contributed by atoms with van der Waals surface area (Å²) in [7, 11) is -1.99. The Labute approximate surface area is 220 Å². The van der Waals surface area contributed by atoms with Gasteiger partial charge < -0.3 is 0 Å². The number of aryl methyl sites for hydroxylation is 2. The van der Waals surface area contributed by atoms with Gasteiger partial charge in [0.2, 0.25) is 0 Å². The molecule has 2 fully saturated rings. The number of benzene rings is 3. The quantitative estimate of drug-likeness (QED) is 0.336. The van der Waals surface area contributed by atoms with E-state index in [2.05, 4.69) is 41.4 Å². The van der Waals surface area contributed by atoms with Crippen molar-refractivity contribution in [1.82, 2.24) is 23.9 Å². The summed E-state index contributed by atoms with van der Waals surface area (Å²) in [5, 5.41) is 9.83. The molecule has 192 valence electrons. The van der Waals surface area contributed by atoms with Crippen molar-refractivity contribution >= 4 is 20.9 Å². The summed E-state index contributed by atoms with van der Waals surface area (Å²) < 4.78 is 45.5. The van der Waals surface area contributed by atoms with Crippen LogP contribution in [0.15, 0.2) is 90.2 Å². The third-order valence-corrected chi connectivity index (χ3v) is 9.99. The van der Waals surface area contributed by atoms with Crippen LogP contribution >= 0.6 is 0 Å². The zero-order valence-electron chi connectivity index (χ0n) is 21.0. The Kier molecular flexibility index (Phi) is 4.96. The molecule has 2 aliphatic rings. The number of sulfonamides is 1. The van der Waals surface area contributed by atoms with E-state index in [1.165, 1.54) is 22.4 Å². The lowest BCUT2D eigenvalue weighted by Gasteiger charge is -2.24. The summed E-state index contributed by atoms with van der Waals surface area (Å²) in [5.74, 6) is 0.0924. The normalized spacial score (nSPS) is 23.1. The van der Waals surface area contributed by atoms with Gasteiger partial charge in [-0.2, -0.15) is 14.5 Å². The van der Waals surface area contributed by atoms with E-state index in [4.69, 9.17) is 0 Å². The number of piperidine rings is 1. The van der Waals surface area contributed by atoms with E-state index in [9.17, 15) is 12.8 Å². The second-order valence-corrected chi connectivity index (χ2v) is 12.3. The third kappa shape index (κ3) is 3.31.